The van der Waals surface area contributed by atoms with Gasteiger partial charge in [-0.15, -0.1) is 11.3 Å². The Labute approximate surface area is 120 Å². The van der Waals surface area contributed by atoms with E-state index in [0.29, 0.717) is 18.1 Å². The summed E-state index contributed by atoms with van der Waals surface area (Å²) in [7, 11) is 3.41. The van der Waals surface area contributed by atoms with Crippen molar-refractivity contribution < 1.29 is 14.3 Å². The number of carbonyl (C=O) groups is 1. The number of aromatic nitrogens is 1. The second-order valence-electron chi connectivity index (χ2n) is 4.63. The number of para-hydroxylation sites is 2. The molecule has 0 bridgehead atoms. The van der Waals surface area contributed by atoms with Crippen molar-refractivity contribution in [3.63, 3.8) is 0 Å². The lowest BCUT2D eigenvalue weighted by atomic mass is 10.2. The molecule has 0 radical (unpaired) electrons. The maximum atomic E-state index is 11.8. The first kappa shape index (κ1) is 12.9. The van der Waals surface area contributed by atoms with E-state index in [-0.39, 0.29) is 12.0 Å². The van der Waals surface area contributed by atoms with E-state index in [9.17, 15) is 4.79 Å². The molecule has 2 aromatic rings. The van der Waals surface area contributed by atoms with Crippen LogP contribution in [0.2, 0.25) is 0 Å². The van der Waals surface area contributed by atoms with Gasteiger partial charge in [-0.05, 0) is 12.1 Å². The largest absolute Gasteiger partial charge is 0.485 e. The lowest BCUT2D eigenvalue weighted by Crippen LogP contribution is -2.23. The molecular weight excluding hydrogens is 276 g/mol. The van der Waals surface area contributed by atoms with E-state index in [1.807, 2.05) is 24.3 Å². The lowest BCUT2D eigenvalue weighted by Gasteiger charge is -2.24. The molecule has 1 aromatic heterocycles. The SMILES string of the molecule is CN(C)C(=O)c1csc([C@@H]2COc3ccccc3O2)n1. The molecule has 104 valence electrons. The van der Waals surface area contributed by atoms with E-state index in [1.165, 1.54) is 16.2 Å². The Bertz CT molecular complexity index is 639. The first-order chi connectivity index (χ1) is 9.65. The summed E-state index contributed by atoms with van der Waals surface area (Å²) >= 11 is 1.41. The Morgan fingerprint density at radius 1 is 1.35 bits per heavy atom. The van der Waals surface area contributed by atoms with Crippen LogP contribution in [0.25, 0.3) is 0 Å². The monoisotopic (exact) mass is 290 g/mol. The van der Waals surface area contributed by atoms with Crippen molar-refractivity contribution in [2.45, 2.75) is 6.10 Å². The summed E-state index contributed by atoms with van der Waals surface area (Å²) in [5, 5.41) is 2.51. The number of amides is 1. The fourth-order valence-corrected chi connectivity index (χ4v) is 2.71. The van der Waals surface area contributed by atoms with Crippen molar-refractivity contribution in [1.82, 2.24) is 9.88 Å². The summed E-state index contributed by atoms with van der Waals surface area (Å²) in [5.41, 5.74) is 0.442. The van der Waals surface area contributed by atoms with E-state index in [1.54, 1.807) is 19.5 Å². The minimum atomic E-state index is -0.265. The third kappa shape index (κ3) is 2.34. The van der Waals surface area contributed by atoms with Crippen LogP contribution in [-0.2, 0) is 0 Å². The molecule has 0 saturated carbocycles. The van der Waals surface area contributed by atoms with Gasteiger partial charge in [-0.1, -0.05) is 12.1 Å². The Morgan fingerprint density at radius 3 is 2.85 bits per heavy atom. The molecular formula is C14H14N2O3S. The molecule has 0 N–H and O–H groups in total. The van der Waals surface area contributed by atoms with Crippen LogP contribution in [0.5, 0.6) is 11.5 Å². The summed E-state index contributed by atoms with van der Waals surface area (Å²) < 4.78 is 11.5. The second-order valence-corrected chi connectivity index (χ2v) is 5.52. The smallest absolute Gasteiger partial charge is 0.272 e. The van der Waals surface area contributed by atoms with Crippen LogP contribution in [0.3, 0.4) is 0 Å². The third-order valence-electron chi connectivity index (χ3n) is 2.93. The van der Waals surface area contributed by atoms with Gasteiger partial charge in [-0.3, -0.25) is 4.79 Å². The molecule has 1 aliphatic rings. The molecule has 0 fully saturated rings. The summed E-state index contributed by atoms with van der Waals surface area (Å²) in [4.78, 5) is 17.7. The van der Waals surface area contributed by atoms with Gasteiger partial charge in [0.05, 0.1) is 0 Å². The number of hydrogen-bond donors (Lipinski definition) is 0. The highest BCUT2D eigenvalue weighted by Gasteiger charge is 2.26. The first-order valence-electron chi connectivity index (χ1n) is 6.20. The molecule has 1 aliphatic heterocycles. The van der Waals surface area contributed by atoms with Crippen LogP contribution in [0.1, 0.15) is 21.6 Å². The van der Waals surface area contributed by atoms with Crippen LogP contribution in [0.15, 0.2) is 29.6 Å². The van der Waals surface area contributed by atoms with Gasteiger partial charge in [-0.2, -0.15) is 0 Å². The number of ether oxygens (including phenoxy) is 2. The molecule has 20 heavy (non-hydrogen) atoms. The molecule has 6 heteroatoms. The van der Waals surface area contributed by atoms with Gasteiger partial charge < -0.3 is 14.4 Å². The number of benzene rings is 1. The Balaban J connectivity index is 1.80. The average molecular weight is 290 g/mol. The van der Waals surface area contributed by atoms with Gasteiger partial charge >= 0.3 is 0 Å². The fourth-order valence-electron chi connectivity index (χ4n) is 1.90. The predicted molar refractivity (Wildman–Crippen MR) is 75.4 cm³/mol. The highest BCUT2D eigenvalue weighted by Crippen LogP contribution is 2.36. The standard InChI is InChI=1S/C14H14N2O3S/c1-16(2)14(17)9-8-20-13(15-9)12-7-18-10-5-3-4-6-11(10)19-12/h3-6,8,12H,7H2,1-2H3/t12-/m0/s1. The average Bonchev–Trinajstić information content (AvgIpc) is 2.95. The Morgan fingerprint density at radius 2 is 2.10 bits per heavy atom. The van der Waals surface area contributed by atoms with E-state index in [0.717, 1.165) is 10.8 Å². The molecule has 0 aliphatic carbocycles. The third-order valence-corrected chi connectivity index (χ3v) is 3.87. The predicted octanol–water partition coefficient (Wildman–Crippen LogP) is 2.36. The van der Waals surface area contributed by atoms with Gasteiger partial charge in [0.1, 0.15) is 17.3 Å². The summed E-state index contributed by atoms with van der Waals surface area (Å²) in [6, 6.07) is 7.53. The van der Waals surface area contributed by atoms with Crippen LogP contribution < -0.4 is 9.47 Å². The molecule has 5 nitrogen and oxygen atoms in total. The van der Waals surface area contributed by atoms with Gasteiger partial charge in [0.15, 0.2) is 17.6 Å². The summed E-state index contributed by atoms with van der Waals surface area (Å²) in [5.74, 6) is 1.34. The minimum absolute atomic E-state index is 0.107. The molecule has 0 saturated heterocycles. The van der Waals surface area contributed by atoms with Gasteiger partial charge in [-0.25, -0.2) is 4.98 Å². The number of fused-ring (bicyclic) bond motifs is 1. The van der Waals surface area contributed by atoms with E-state index < -0.39 is 0 Å². The van der Waals surface area contributed by atoms with Crippen LogP contribution in [0.4, 0.5) is 0 Å². The Kier molecular flexibility index (Phi) is 3.31. The zero-order valence-corrected chi connectivity index (χ0v) is 12.0. The molecule has 1 aromatic carbocycles. The lowest BCUT2D eigenvalue weighted by molar-refractivity contribution is 0.0815. The van der Waals surface area contributed by atoms with Crippen LogP contribution in [0, 0.1) is 0 Å². The molecule has 1 amide bonds. The highest BCUT2D eigenvalue weighted by atomic mass is 32.1. The minimum Gasteiger partial charge on any atom is -0.485 e. The fraction of sp³-hybridized carbons (Fsp3) is 0.286. The highest BCUT2D eigenvalue weighted by molar-refractivity contribution is 7.09. The summed E-state index contributed by atoms with van der Waals surface area (Å²) in [6.45, 7) is 0.403. The number of hydrogen-bond acceptors (Lipinski definition) is 5. The Hall–Kier alpha value is -2.08. The van der Waals surface area contributed by atoms with Gasteiger partial charge in [0.25, 0.3) is 5.91 Å². The molecule has 0 unspecified atom stereocenters. The number of carbonyl (C=O) groups excluding carboxylic acids is 1. The number of rotatable bonds is 2. The van der Waals surface area contributed by atoms with Crippen LogP contribution >= 0.6 is 11.3 Å². The van der Waals surface area contributed by atoms with Gasteiger partial charge in [0.2, 0.25) is 0 Å². The molecule has 2 heterocycles. The van der Waals surface area contributed by atoms with E-state index in [4.69, 9.17) is 9.47 Å². The van der Waals surface area contributed by atoms with Crippen molar-refractivity contribution in [2.75, 3.05) is 20.7 Å². The maximum Gasteiger partial charge on any atom is 0.272 e. The first-order valence-corrected chi connectivity index (χ1v) is 7.08. The molecule has 1 atom stereocenters. The van der Waals surface area contributed by atoms with E-state index >= 15 is 0 Å². The van der Waals surface area contributed by atoms with Crippen molar-refractivity contribution in [2.24, 2.45) is 0 Å². The second kappa shape index (κ2) is 5.13. The maximum absolute atomic E-state index is 11.8. The van der Waals surface area contributed by atoms with E-state index in [2.05, 4.69) is 4.98 Å². The van der Waals surface area contributed by atoms with Crippen molar-refractivity contribution in [1.29, 1.82) is 0 Å². The number of thiazole rings is 1. The zero-order valence-electron chi connectivity index (χ0n) is 11.2. The van der Waals surface area contributed by atoms with Crippen LogP contribution in [-0.4, -0.2) is 36.5 Å². The van der Waals surface area contributed by atoms with Crippen molar-refractivity contribution in [3.8, 4) is 11.5 Å². The molecule has 0 spiro atoms. The quantitative estimate of drug-likeness (QED) is 0.852. The molecule has 3 rings (SSSR count). The zero-order chi connectivity index (χ0) is 14.1. The summed E-state index contributed by atoms with van der Waals surface area (Å²) in [6.07, 6.45) is -0.265. The van der Waals surface area contributed by atoms with Crippen molar-refractivity contribution >= 4 is 17.2 Å². The number of nitrogens with zero attached hydrogens (tertiary/aromatic N) is 2. The topological polar surface area (TPSA) is 51.7 Å². The van der Waals surface area contributed by atoms with Crippen molar-refractivity contribution in [3.05, 3.63) is 40.3 Å². The normalized spacial score (nSPS) is 16.8. The van der Waals surface area contributed by atoms with Gasteiger partial charge in [0, 0.05) is 19.5 Å².